The molecule has 0 bridgehead atoms. The second-order valence-electron chi connectivity index (χ2n) is 7.49. The Morgan fingerprint density at radius 2 is 2.00 bits per heavy atom. The molecule has 0 aromatic rings. The molecule has 1 heterocycles. The van der Waals surface area contributed by atoms with Crippen LogP contribution in [0.15, 0.2) is 0 Å². The van der Waals surface area contributed by atoms with Crippen LogP contribution in [0.2, 0.25) is 0 Å². The number of nitrogens with zero attached hydrogens (tertiary/aromatic N) is 1. The molecule has 1 rings (SSSR count). The Morgan fingerprint density at radius 1 is 1.33 bits per heavy atom. The van der Waals surface area contributed by atoms with Crippen molar-refractivity contribution >= 4 is 0 Å². The first-order valence-corrected chi connectivity index (χ1v) is 7.72. The Labute approximate surface area is 115 Å². The minimum atomic E-state index is 0.365. The highest BCUT2D eigenvalue weighted by atomic mass is 15.1. The van der Waals surface area contributed by atoms with Gasteiger partial charge in [-0.1, -0.05) is 34.1 Å². The first-order valence-electron chi connectivity index (χ1n) is 7.72. The first kappa shape index (κ1) is 16.0. The van der Waals surface area contributed by atoms with Gasteiger partial charge in [0.25, 0.3) is 0 Å². The highest BCUT2D eigenvalue weighted by Gasteiger charge is 2.35. The van der Waals surface area contributed by atoms with Gasteiger partial charge in [0.1, 0.15) is 0 Å². The van der Waals surface area contributed by atoms with Crippen molar-refractivity contribution in [3.8, 4) is 0 Å². The zero-order valence-electron chi connectivity index (χ0n) is 13.5. The number of piperidine rings is 1. The normalized spacial score (nSPS) is 27.5. The highest BCUT2D eigenvalue weighted by molar-refractivity contribution is 4.90. The fraction of sp³-hybridized carbons (Fsp3) is 1.00. The van der Waals surface area contributed by atoms with Gasteiger partial charge < -0.3 is 10.2 Å². The molecule has 18 heavy (non-hydrogen) atoms. The van der Waals surface area contributed by atoms with Crippen LogP contribution in [0.1, 0.15) is 60.3 Å². The van der Waals surface area contributed by atoms with Crippen molar-refractivity contribution in [2.45, 2.75) is 66.3 Å². The summed E-state index contributed by atoms with van der Waals surface area (Å²) in [7, 11) is 2.31. The van der Waals surface area contributed by atoms with Crippen LogP contribution in [0, 0.1) is 10.8 Å². The smallest absolute Gasteiger partial charge is 0.0113 e. The van der Waals surface area contributed by atoms with E-state index in [4.69, 9.17) is 0 Å². The van der Waals surface area contributed by atoms with Crippen molar-refractivity contribution in [1.29, 1.82) is 0 Å². The van der Waals surface area contributed by atoms with Gasteiger partial charge in [0.05, 0.1) is 0 Å². The van der Waals surface area contributed by atoms with Gasteiger partial charge in [-0.15, -0.1) is 0 Å². The molecular formula is C16H34N2. The molecule has 0 aliphatic carbocycles. The molecule has 0 aromatic heterocycles. The lowest BCUT2D eigenvalue weighted by atomic mass is 9.75. The zero-order chi connectivity index (χ0) is 13.8. The lowest BCUT2D eigenvalue weighted by molar-refractivity contribution is 0.0623. The number of nitrogens with one attached hydrogen (secondary N) is 1. The van der Waals surface area contributed by atoms with E-state index in [9.17, 15) is 0 Å². The van der Waals surface area contributed by atoms with Crippen molar-refractivity contribution in [2.75, 3.05) is 26.7 Å². The van der Waals surface area contributed by atoms with Gasteiger partial charge in [0.15, 0.2) is 0 Å². The Kier molecular flexibility index (Phi) is 5.67. The highest BCUT2D eigenvalue weighted by Crippen LogP contribution is 2.34. The van der Waals surface area contributed by atoms with Gasteiger partial charge in [0.2, 0.25) is 0 Å². The molecule has 0 radical (unpaired) electrons. The van der Waals surface area contributed by atoms with Crippen molar-refractivity contribution in [3.63, 3.8) is 0 Å². The summed E-state index contributed by atoms with van der Waals surface area (Å²) in [6, 6.07) is 0.633. The summed E-state index contributed by atoms with van der Waals surface area (Å²) in [6.45, 7) is 15.4. The van der Waals surface area contributed by atoms with E-state index in [1.165, 1.54) is 45.3 Å². The lowest BCUT2D eigenvalue weighted by Gasteiger charge is -2.44. The zero-order valence-corrected chi connectivity index (χ0v) is 13.5. The van der Waals surface area contributed by atoms with Crippen LogP contribution in [0.25, 0.3) is 0 Å². The summed E-state index contributed by atoms with van der Waals surface area (Å²) in [5.41, 5.74) is 0.880. The quantitative estimate of drug-likeness (QED) is 0.807. The fourth-order valence-electron chi connectivity index (χ4n) is 3.32. The summed E-state index contributed by atoms with van der Waals surface area (Å²) in [5.74, 6) is 0. The molecule has 2 unspecified atom stereocenters. The summed E-state index contributed by atoms with van der Waals surface area (Å²) < 4.78 is 0. The van der Waals surface area contributed by atoms with Gasteiger partial charge in [-0.2, -0.15) is 0 Å². The van der Waals surface area contributed by atoms with E-state index in [0.29, 0.717) is 16.9 Å². The largest absolute Gasteiger partial charge is 0.316 e. The lowest BCUT2D eigenvalue weighted by Crippen LogP contribution is -2.50. The standard InChI is InChI=1S/C16H34N2/c1-7-9-16(10-8-11-17-12-16)13-18(6)14(2)15(3,4)5/h14,17H,7-13H2,1-6H3. The van der Waals surface area contributed by atoms with Crippen LogP contribution in [-0.4, -0.2) is 37.6 Å². The van der Waals surface area contributed by atoms with Crippen LogP contribution in [0.5, 0.6) is 0 Å². The minimum Gasteiger partial charge on any atom is -0.316 e. The summed E-state index contributed by atoms with van der Waals surface area (Å²) in [4.78, 5) is 2.59. The molecule has 2 nitrogen and oxygen atoms in total. The molecule has 1 saturated heterocycles. The molecule has 1 fully saturated rings. The van der Waals surface area contributed by atoms with Crippen LogP contribution in [0.3, 0.4) is 0 Å². The topological polar surface area (TPSA) is 15.3 Å². The third kappa shape index (κ3) is 4.24. The predicted octanol–water partition coefficient (Wildman–Crippen LogP) is 3.52. The molecular weight excluding hydrogens is 220 g/mol. The third-order valence-electron chi connectivity index (χ3n) is 4.84. The van der Waals surface area contributed by atoms with Crippen LogP contribution >= 0.6 is 0 Å². The third-order valence-corrected chi connectivity index (χ3v) is 4.84. The Hall–Kier alpha value is -0.0800. The average molecular weight is 254 g/mol. The van der Waals surface area contributed by atoms with Gasteiger partial charge in [-0.3, -0.25) is 0 Å². The number of hydrogen-bond donors (Lipinski definition) is 1. The molecule has 1 aliphatic heterocycles. The molecule has 0 amide bonds. The van der Waals surface area contributed by atoms with E-state index in [-0.39, 0.29) is 0 Å². The van der Waals surface area contributed by atoms with Crippen molar-refractivity contribution < 1.29 is 0 Å². The summed E-state index contributed by atoms with van der Waals surface area (Å²) in [5, 5.41) is 3.62. The SMILES string of the molecule is CCCC1(CN(C)C(C)C(C)(C)C)CCCNC1. The van der Waals surface area contributed by atoms with Crippen molar-refractivity contribution in [3.05, 3.63) is 0 Å². The van der Waals surface area contributed by atoms with Gasteiger partial charge in [0, 0.05) is 19.1 Å². The van der Waals surface area contributed by atoms with Crippen LogP contribution in [0.4, 0.5) is 0 Å². The monoisotopic (exact) mass is 254 g/mol. The molecule has 2 atom stereocenters. The Balaban J connectivity index is 2.65. The first-order chi connectivity index (χ1) is 8.31. The summed E-state index contributed by atoms with van der Waals surface area (Å²) in [6.07, 6.45) is 5.41. The Bertz CT molecular complexity index is 230. The van der Waals surface area contributed by atoms with Crippen molar-refractivity contribution in [1.82, 2.24) is 10.2 Å². The number of hydrogen-bond acceptors (Lipinski definition) is 2. The van der Waals surface area contributed by atoms with E-state index in [0.717, 1.165) is 0 Å². The molecule has 1 N–H and O–H groups in total. The number of rotatable bonds is 5. The molecule has 2 heteroatoms. The van der Waals surface area contributed by atoms with Gasteiger partial charge >= 0.3 is 0 Å². The second kappa shape index (κ2) is 6.38. The van der Waals surface area contributed by atoms with Gasteiger partial charge in [-0.25, -0.2) is 0 Å². The molecule has 108 valence electrons. The van der Waals surface area contributed by atoms with E-state index in [2.05, 4.69) is 51.9 Å². The van der Waals surface area contributed by atoms with Crippen LogP contribution in [-0.2, 0) is 0 Å². The molecule has 0 spiro atoms. The Morgan fingerprint density at radius 3 is 2.44 bits per heavy atom. The maximum atomic E-state index is 3.62. The second-order valence-corrected chi connectivity index (χ2v) is 7.49. The van der Waals surface area contributed by atoms with Crippen molar-refractivity contribution in [2.24, 2.45) is 10.8 Å². The predicted molar refractivity (Wildman–Crippen MR) is 81.0 cm³/mol. The van der Waals surface area contributed by atoms with E-state index in [1.807, 2.05) is 0 Å². The average Bonchev–Trinajstić information content (AvgIpc) is 2.28. The molecule has 0 aromatic carbocycles. The summed E-state index contributed by atoms with van der Waals surface area (Å²) >= 11 is 0. The molecule has 1 aliphatic rings. The van der Waals surface area contributed by atoms with E-state index >= 15 is 0 Å². The van der Waals surface area contributed by atoms with E-state index < -0.39 is 0 Å². The fourth-order valence-corrected chi connectivity index (χ4v) is 3.32. The van der Waals surface area contributed by atoms with E-state index in [1.54, 1.807) is 0 Å². The molecule has 0 saturated carbocycles. The van der Waals surface area contributed by atoms with Crippen LogP contribution < -0.4 is 5.32 Å². The maximum Gasteiger partial charge on any atom is 0.0113 e. The minimum absolute atomic E-state index is 0.365. The maximum absolute atomic E-state index is 3.62. The van der Waals surface area contributed by atoms with Gasteiger partial charge in [-0.05, 0) is 50.6 Å².